The van der Waals surface area contributed by atoms with Crippen molar-refractivity contribution < 1.29 is 4.79 Å². The molecule has 1 fully saturated rings. The molecule has 0 spiro atoms. The number of amides is 1. The summed E-state index contributed by atoms with van der Waals surface area (Å²) in [5.74, 6) is 0.686. The molecular formula is C18H24N4O2. The van der Waals surface area contributed by atoms with Crippen molar-refractivity contribution in [2.75, 3.05) is 6.54 Å². The Labute approximate surface area is 141 Å². The van der Waals surface area contributed by atoms with E-state index in [0.29, 0.717) is 18.9 Å². The highest BCUT2D eigenvalue weighted by atomic mass is 16.2. The van der Waals surface area contributed by atoms with E-state index in [1.54, 1.807) is 4.57 Å². The van der Waals surface area contributed by atoms with Crippen molar-refractivity contribution in [1.29, 1.82) is 0 Å². The summed E-state index contributed by atoms with van der Waals surface area (Å²) in [6.07, 6.45) is 2.04. The van der Waals surface area contributed by atoms with Crippen molar-refractivity contribution >= 4 is 5.91 Å². The zero-order chi connectivity index (χ0) is 17.3. The second kappa shape index (κ2) is 6.26. The van der Waals surface area contributed by atoms with E-state index in [1.807, 2.05) is 51.1 Å². The summed E-state index contributed by atoms with van der Waals surface area (Å²) < 4.78 is 3.25. The van der Waals surface area contributed by atoms with Crippen LogP contribution in [-0.4, -0.2) is 26.8 Å². The molecular weight excluding hydrogens is 304 g/mol. The molecule has 1 N–H and O–H groups in total. The van der Waals surface area contributed by atoms with E-state index in [-0.39, 0.29) is 17.6 Å². The van der Waals surface area contributed by atoms with Gasteiger partial charge in [0, 0.05) is 23.6 Å². The molecule has 3 rings (SSSR count). The van der Waals surface area contributed by atoms with Gasteiger partial charge >= 0.3 is 5.69 Å². The fourth-order valence-electron chi connectivity index (χ4n) is 2.55. The topological polar surface area (TPSA) is 68.9 Å². The predicted octanol–water partition coefficient (Wildman–Crippen LogP) is 2.21. The second-order valence-electron chi connectivity index (χ2n) is 7.30. The molecule has 6 heteroatoms. The van der Waals surface area contributed by atoms with Crippen LogP contribution in [-0.2, 0) is 11.3 Å². The molecule has 1 aromatic heterocycles. The maximum absolute atomic E-state index is 12.7. The fraction of sp³-hybridized carbons (Fsp3) is 0.500. The van der Waals surface area contributed by atoms with Crippen LogP contribution < -0.4 is 11.0 Å². The summed E-state index contributed by atoms with van der Waals surface area (Å²) in [7, 11) is 0. The molecule has 6 nitrogen and oxygen atoms in total. The van der Waals surface area contributed by atoms with Crippen LogP contribution in [0.3, 0.4) is 0 Å². The molecule has 1 amide bonds. The monoisotopic (exact) mass is 328 g/mol. The smallest absolute Gasteiger partial charge is 0.346 e. The zero-order valence-electron chi connectivity index (χ0n) is 14.5. The minimum Gasteiger partial charge on any atom is -0.354 e. The molecule has 1 aromatic carbocycles. The lowest BCUT2D eigenvalue weighted by atomic mass is 9.96. The summed E-state index contributed by atoms with van der Waals surface area (Å²) in [6.45, 7) is 6.36. The van der Waals surface area contributed by atoms with Crippen LogP contribution in [0.25, 0.3) is 11.4 Å². The van der Waals surface area contributed by atoms with Crippen molar-refractivity contribution in [1.82, 2.24) is 19.7 Å². The van der Waals surface area contributed by atoms with Crippen LogP contribution >= 0.6 is 0 Å². The molecule has 0 radical (unpaired) electrons. The molecule has 2 aromatic rings. The number of nitrogens with zero attached hydrogens (tertiary/aromatic N) is 3. The van der Waals surface area contributed by atoms with E-state index in [4.69, 9.17) is 0 Å². The van der Waals surface area contributed by atoms with E-state index in [2.05, 4.69) is 10.4 Å². The Hall–Kier alpha value is -2.37. The SMILES string of the molecule is CC(C)(C)C(=O)NCCn1nc(-c2ccccc2)n(C2CC2)c1=O. The largest absolute Gasteiger partial charge is 0.354 e. The third kappa shape index (κ3) is 3.42. The standard InChI is InChI=1S/C18H24N4O2/c1-18(2,3)16(23)19-11-12-21-17(24)22(14-9-10-14)15(20-21)13-7-5-4-6-8-13/h4-8,14H,9-12H2,1-3H3,(H,19,23). The van der Waals surface area contributed by atoms with Gasteiger partial charge in [-0.15, -0.1) is 5.10 Å². The Bertz CT molecular complexity index is 780. The van der Waals surface area contributed by atoms with Crippen molar-refractivity contribution in [3.8, 4) is 11.4 Å². The van der Waals surface area contributed by atoms with Crippen molar-refractivity contribution in [2.45, 2.75) is 46.2 Å². The first-order valence-electron chi connectivity index (χ1n) is 8.41. The summed E-state index contributed by atoms with van der Waals surface area (Å²) in [5.41, 5.74) is 0.411. The summed E-state index contributed by atoms with van der Waals surface area (Å²) in [4.78, 5) is 24.6. The van der Waals surface area contributed by atoms with Crippen LogP contribution in [0, 0.1) is 5.41 Å². The fourth-order valence-corrected chi connectivity index (χ4v) is 2.55. The Morgan fingerprint density at radius 1 is 1.25 bits per heavy atom. The maximum Gasteiger partial charge on any atom is 0.346 e. The number of benzene rings is 1. The number of nitrogens with one attached hydrogen (secondary N) is 1. The quantitative estimate of drug-likeness (QED) is 0.915. The van der Waals surface area contributed by atoms with E-state index in [0.717, 1.165) is 18.4 Å². The summed E-state index contributed by atoms with van der Waals surface area (Å²) in [6, 6.07) is 10.0. The normalized spacial score (nSPS) is 14.6. The Morgan fingerprint density at radius 3 is 2.50 bits per heavy atom. The Kier molecular flexibility index (Phi) is 4.30. The second-order valence-corrected chi connectivity index (χ2v) is 7.30. The lowest BCUT2D eigenvalue weighted by molar-refractivity contribution is -0.128. The lowest BCUT2D eigenvalue weighted by Gasteiger charge is -2.17. The highest BCUT2D eigenvalue weighted by molar-refractivity contribution is 5.81. The summed E-state index contributed by atoms with van der Waals surface area (Å²) in [5, 5.41) is 7.38. The third-order valence-corrected chi connectivity index (χ3v) is 4.10. The van der Waals surface area contributed by atoms with Gasteiger partial charge in [0.1, 0.15) is 0 Å². The van der Waals surface area contributed by atoms with Crippen LogP contribution in [0.5, 0.6) is 0 Å². The highest BCUT2D eigenvalue weighted by Crippen LogP contribution is 2.36. The van der Waals surface area contributed by atoms with Crippen molar-refractivity contribution in [3.63, 3.8) is 0 Å². The molecule has 24 heavy (non-hydrogen) atoms. The van der Waals surface area contributed by atoms with Crippen molar-refractivity contribution in [3.05, 3.63) is 40.8 Å². The first kappa shape index (κ1) is 16.5. The first-order chi connectivity index (χ1) is 11.4. The molecule has 1 heterocycles. The van der Waals surface area contributed by atoms with E-state index < -0.39 is 5.41 Å². The Morgan fingerprint density at radius 2 is 1.92 bits per heavy atom. The number of hydrogen-bond acceptors (Lipinski definition) is 3. The molecule has 128 valence electrons. The van der Waals surface area contributed by atoms with Gasteiger partial charge in [-0.05, 0) is 12.8 Å². The van der Waals surface area contributed by atoms with Gasteiger partial charge in [0.15, 0.2) is 5.82 Å². The molecule has 1 saturated carbocycles. The van der Waals surface area contributed by atoms with Crippen LogP contribution in [0.1, 0.15) is 39.7 Å². The van der Waals surface area contributed by atoms with Gasteiger partial charge in [-0.3, -0.25) is 9.36 Å². The van der Waals surface area contributed by atoms with E-state index in [9.17, 15) is 9.59 Å². The first-order valence-corrected chi connectivity index (χ1v) is 8.41. The number of rotatable bonds is 5. The van der Waals surface area contributed by atoms with Crippen LogP contribution in [0.2, 0.25) is 0 Å². The molecule has 0 aliphatic heterocycles. The average Bonchev–Trinajstić information content (AvgIpc) is 3.32. The van der Waals surface area contributed by atoms with Gasteiger partial charge < -0.3 is 5.32 Å². The van der Waals surface area contributed by atoms with Gasteiger partial charge in [0.25, 0.3) is 0 Å². The van der Waals surface area contributed by atoms with Gasteiger partial charge in [-0.2, -0.15) is 0 Å². The average molecular weight is 328 g/mol. The molecule has 0 saturated heterocycles. The number of aromatic nitrogens is 3. The number of hydrogen-bond donors (Lipinski definition) is 1. The third-order valence-electron chi connectivity index (χ3n) is 4.10. The molecule has 0 atom stereocenters. The van der Waals surface area contributed by atoms with Gasteiger partial charge in [-0.1, -0.05) is 51.1 Å². The molecule has 0 unspecified atom stereocenters. The highest BCUT2D eigenvalue weighted by Gasteiger charge is 2.30. The van der Waals surface area contributed by atoms with Gasteiger partial charge in [-0.25, -0.2) is 9.48 Å². The molecule has 0 bridgehead atoms. The molecule has 1 aliphatic rings. The minimum absolute atomic E-state index is 0.0274. The predicted molar refractivity (Wildman–Crippen MR) is 92.7 cm³/mol. The van der Waals surface area contributed by atoms with Crippen LogP contribution in [0.4, 0.5) is 0 Å². The van der Waals surface area contributed by atoms with Crippen molar-refractivity contribution in [2.24, 2.45) is 5.41 Å². The minimum atomic E-state index is -0.437. The van der Waals surface area contributed by atoms with Gasteiger partial charge in [0.2, 0.25) is 5.91 Å². The number of carbonyl (C=O) groups is 1. The lowest BCUT2D eigenvalue weighted by Crippen LogP contribution is -2.38. The number of carbonyl (C=O) groups excluding carboxylic acids is 1. The molecule has 1 aliphatic carbocycles. The van der Waals surface area contributed by atoms with Crippen LogP contribution in [0.15, 0.2) is 35.1 Å². The Balaban J connectivity index is 1.80. The maximum atomic E-state index is 12.7. The van der Waals surface area contributed by atoms with E-state index >= 15 is 0 Å². The zero-order valence-corrected chi connectivity index (χ0v) is 14.5. The van der Waals surface area contributed by atoms with E-state index in [1.165, 1.54) is 4.68 Å². The van der Waals surface area contributed by atoms with Gasteiger partial charge in [0.05, 0.1) is 6.54 Å². The summed E-state index contributed by atoms with van der Waals surface area (Å²) >= 11 is 0.